The van der Waals surface area contributed by atoms with Crippen LogP contribution in [0.15, 0.2) is 46.8 Å². The number of amidine groups is 1. The van der Waals surface area contributed by atoms with Gasteiger partial charge in [0.25, 0.3) is 0 Å². The van der Waals surface area contributed by atoms with Crippen LogP contribution in [0.2, 0.25) is 0 Å². The Morgan fingerprint density at radius 3 is 2.77 bits per heavy atom. The van der Waals surface area contributed by atoms with Gasteiger partial charge < -0.3 is 4.74 Å². The number of hydrazone groups is 1. The van der Waals surface area contributed by atoms with Gasteiger partial charge in [0.15, 0.2) is 5.17 Å². The number of hydrogen-bond acceptors (Lipinski definition) is 5. The third-order valence-electron chi connectivity index (χ3n) is 3.05. The lowest BCUT2D eigenvalue weighted by atomic mass is 10.2. The van der Waals surface area contributed by atoms with E-state index >= 15 is 0 Å². The van der Waals surface area contributed by atoms with Crippen LogP contribution in [0, 0.1) is 0 Å². The van der Waals surface area contributed by atoms with E-state index in [9.17, 15) is 0 Å². The smallest absolute Gasteiger partial charge is 0.182 e. The Bertz CT molecular complexity index is 705. The number of aromatic nitrogens is 2. The minimum absolute atomic E-state index is 0.664. The second kappa shape index (κ2) is 6.65. The van der Waals surface area contributed by atoms with E-state index in [2.05, 4.69) is 20.6 Å². The summed E-state index contributed by atoms with van der Waals surface area (Å²) in [5.41, 5.74) is 5.88. The van der Waals surface area contributed by atoms with E-state index in [1.165, 1.54) is 0 Å². The van der Waals surface area contributed by atoms with Gasteiger partial charge in [0.05, 0.1) is 24.2 Å². The lowest BCUT2D eigenvalue weighted by Crippen LogP contribution is -2.24. The van der Waals surface area contributed by atoms with Crippen molar-refractivity contribution < 1.29 is 4.74 Å². The van der Waals surface area contributed by atoms with Gasteiger partial charge >= 0.3 is 0 Å². The predicted octanol–water partition coefficient (Wildman–Crippen LogP) is 2.55. The van der Waals surface area contributed by atoms with Gasteiger partial charge in [-0.25, -0.2) is 4.99 Å². The molecule has 3 rings (SSSR count). The lowest BCUT2D eigenvalue weighted by Gasteiger charge is -2.13. The molecule has 2 heterocycles. The van der Waals surface area contributed by atoms with Crippen LogP contribution in [0.1, 0.15) is 12.5 Å². The molecule has 1 aromatic heterocycles. The van der Waals surface area contributed by atoms with Gasteiger partial charge in [-0.1, -0.05) is 11.8 Å². The van der Waals surface area contributed by atoms with Crippen LogP contribution in [0.25, 0.3) is 0 Å². The summed E-state index contributed by atoms with van der Waals surface area (Å²) in [5, 5.41) is 9.32. The first-order chi connectivity index (χ1) is 10.7. The molecule has 0 amide bonds. The summed E-state index contributed by atoms with van der Waals surface area (Å²) in [6.45, 7) is 2.63. The maximum Gasteiger partial charge on any atom is 0.182 e. The Balaban J connectivity index is 1.68. The fourth-order valence-corrected chi connectivity index (χ4v) is 2.78. The average Bonchev–Trinajstić information content (AvgIpc) is 2.97. The van der Waals surface area contributed by atoms with Crippen LogP contribution in [-0.4, -0.2) is 33.0 Å². The highest BCUT2D eigenvalue weighted by molar-refractivity contribution is 8.14. The molecule has 1 aromatic carbocycles. The topological polar surface area (TPSA) is 63.8 Å². The molecule has 1 N–H and O–H groups in total. The van der Waals surface area contributed by atoms with Crippen molar-refractivity contribution in [3.8, 4) is 5.75 Å². The third kappa shape index (κ3) is 3.48. The molecule has 0 radical (unpaired) electrons. The SMILES string of the molecule is CCOc1ccc(N=C2NN=C(c3cnn(C)c3)CS2)cc1. The molecular weight excluding hydrogens is 298 g/mol. The molecule has 0 bridgehead atoms. The van der Waals surface area contributed by atoms with Gasteiger partial charge in [0.1, 0.15) is 5.75 Å². The van der Waals surface area contributed by atoms with Gasteiger partial charge in [-0.2, -0.15) is 10.2 Å². The van der Waals surface area contributed by atoms with Crippen molar-refractivity contribution in [3.05, 3.63) is 42.2 Å². The Morgan fingerprint density at radius 1 is 1.36 bits per heavy atom. The van der Waals surface area contributed by atoms with Crippen molar-refractivity contribution in [2.75, 3.05) is 12.4 Å². The molecule has 0 spiro atoms. The normalized spacial score (nSPS) is 16.3. The summed E-state index contributed by atoms with van der Waals surface area (Å²) in [4.78, 5) is 4.54. The van der Waals surface area contributed by atoms with Crippen molar-refractivity contribution >= 4 is 28.3 Å². The van der Waals surface area contributed by atoms with Crippen LogP contribution in [0.4, 0.5) is 5.69 Å². The predicted molar refractivity (Wildman–Crippen MR) is 90.0 cm³/mol. The van der Waals surface area contributed by atoms with Gasteiger partial charge in [0.2, 0.25) is 0 Å². The molecule has 6 nitrogen and oxygen atoms in total. The van der Waals surface area contributed by atoms with Crippen LogP contribution in [-0.2, 0) is 7.05 Å². The molecule has 1 aliphatic heterocycles. The molecule has 0 fully saturated rings. The fourth-order valence-electron chi connectivity index (χ4n) is 1.99. The molecular formula is C15H17N5OS. The number of benzene rings is 1. The van der Waals surface area contributed by atoms with Gasteiger partial charge in [-0.05, 0) is 31.2 Å². The number of nitrogens with zero attached hydrogens (tertiary/aromatic N) is 4. The highest BCUT2D eigenvalue weighted by Gasteiger charge is 2.14. The van der Waals surface area contributed by atoms with Crippen molar-refractivity contribution in [2.24, 2.45) is 17.1 Å². The van der Waals surface area contributed by atoms with Crippen molar-refractivity contribution in [1.82, 2.24) is 15.2 Å². The van der Waals surface area contributed by atoms with Crippen LogP contribution >= 0.6 is 11.8 Å². The zero-order valence-electron chi connectivity index (χ0n) is 12.5. The zero-order valence-corrected chi connectivity index (χ0v) is 13.3. The second-order valence-electron chi connectivity index (χ2n) is 4.71. The first-order valence-corrected chi connectivity index (χ1v) is 7.99. The minimum atomic E-state index is 0.664. The first kappa shape index (κ1) is 14.6. The van der Waals surface area contributed by atoms with Crippen LogP contribution in [0.3, 0.4) is 0 Å². The van der Waals surface area contributed by atoms with E-state index in [1.54, 1.807) is 16.4 Å². The molecule has 114 valence electrons. The van der Waals surface area contributed by atoms with Crippen molar-refractivity contribution in [3.63, 3.8) is 0 Å². The molecule has 7 heteroatoms. The Hall–Kier alpha value is -2.28. The number of rotatable bonds is 4. The van der Waals surface area contributed by atoms with Crippen LogP contribution in [0.5, 0.6) is 5.75 Å². The van der Waals surface area contributed by atoms with Crippen molar-refractivity contribution in [1.29, 1.82) is 0 Å². The minimum Gasteiger partial charge on any atom is -0.494 e. The summed E-state index contributed by atoms with van der Waals surface area (Å²) in [7, 11) is 1.90. The molecule has 0 saturated carbocycles. The molecule has 0 atom stereocenters. The van der Waals surface area contributed by atoms with E-state index in [0.29, 0.717) is 6.61 Å². The number of nitrogens with one attached hydrogen (secondary N) is 1. The lowest BCUT2D eigenvalue weighted by molar-refractivity contribution is 0.340. The Morgan fingerprint density at radius 2 is 2.18 bits per heavy atom. The maximum atomic E-state index is 5.42. The number of hydrogen-bond donors (Lipinski definition) is 1. The summed E-state index contributed by atoms with van der Waals surface area (Å²) in [5.74, 6) is 1.63. The standard InChI is InChI=1S/C15H17N5OS/c1-3-21-13-6-4-12(5-7-13)17-15-19-18-14(10-22-15)11-8-16-20(2)9-11/h4-9H,3,10H2,1-2H3,(H,17,19). The summed E-state index contributed by atoms with van der Waals surface area (Å²) >= 11 is 1.62. The van der Waals surface area contributed by atoms with Gasteiger partial charge in [-0.15, -0.1) is 0 Å². The Labute approximate surface area is 133 Å². The quantitative estimate of drug-likeness (QED) is 0.942. The summed E-state index contributed by atoms with van der Waals surface area (Å²) in [6, 6.07) is 7.70. The summed E-state index contributed by atoms with van der Waals surface area (Å²) < 4.78 is 7.19. The highest BCUT2D eigenvalue weighted by Crippen LogP contribution is 2.21. The third-order valence-corrected chi connectivity index (χ3v) is 3.92. The second-order valence-corrected chi connectivity index (χ2v) is 5.67. The number of aliphatic imine (C=N–C) groups is 1. The molecule has 22 heavy (non-hydrogen) atoms. The molecule has 0 unspecified atom stereocenters. The Kier molecular flexibility index (Phi) is 4.43. The largest absolute Gasteiger partial charge is 0.494 e. The number of ether oxygens (including phenoxy) is 1. The maximum absolute atomic E-state index is 5.42. The van der Waals surface area contributed by atoms with E-state index in [-0.39, 0.29) is 0 Å². The summed E-state index contributed by atoms with van der Waals surface area (Å²) in [6.07, 6.45) is 3.77. The average molecular weight is 315 g/mol. The first-order valence-electron chi connectivity index (χ1n) is 7.00. The van der Waals surface area contributed by atoms with Crippen molar-refractivity contribution in [2.45, 2.75) is 6.92 Å². The van der Waals surface area contributed by atoms with Gasteiger partial charge in [-0.3, -0.25) is 10.1 Å². The van der Waals surface area contributed by atoms with E-state index in [1.807, 2.05) is 50.6 Å². The fraction of sp³-hybridized carbons (Fsp3) is 0.267. The van der Waals surface area contributed by atoms with E-state index in [0.717, 1.165) is 33.6 Å². The number of thioether (sulfide) groups is 1. The monoisotopic (exact) mass is 315 g/mol. The van der Waals surface area contributed by atoms with Crippen LogP contribution < -0.4 is 10.2 Å². The van der Waals surface area contributed by atoms with Gasteiger partial charge in [0, 0.05) is 24.6 Å². The highest BCUT2D eigenvalue weighted by atomic mass is 32.2. The molecule has 1 aliphatic rings. The zero-order chi connectivity index (χ0) is 15.4. The molecule has 0 aliphatic carbocycles. The number of aryl methyl sites for hydroxylation is 1. The molecule has 0 saturated heterocycles. The molecule has 2 aromatic rings. The van der Waals surface area contributed by atoms with E-state index < -0.39 is 0 Å². The van der Waals surface area contributed by atoms with E-state index in [4.69, 9.17) is 4.74 Å².